The van der Waals surface area contributed by atoms with Crippen LogP contribution in [0.2, 0.25) is 0 Å². The summed E-state index contributed by atoms with van der Waals surface area (Å²) in [6.07, 6.45) is 2.71. The van der Waals surface area contributed by atoms with Crippen LogP contribution in [-0.2, 0) is 28.4 Å². The van der Waals surface area contributed by atoms with Crippen molar-refractivity contribution in [1.82, 2.24) is 0 Å². The highest BCUT2D eigenvalue weighted by Gasteiger charge is 2.33. The van der Waals surface area contributed by atoms with E-state index in [-0.39, 0.29) is 99.1 Å². The number of aliphatic hydroxyl groups excluding tert-OH is 14. The molecule has 0 aromatic rings. The zero-order chi connectivity index (χ0) is 46.0. The molecule has 0 radical (unpaired) electrons. The van der Waals surface area contributed by atoms with E-state index in [1.165, 1.54) is 0 Å². The van der Waals surface area contributed by atoms with Gasteiger partial charge < -0.3 is 99.9 Å². The van der Waals surface area contributed by atoms with Gasteiger partial charge >= 0.3 is 0 Å². The Balaban J connectivity index is -0.000000373. The lowest BCUT2D eigenvalue weighted by Gasteiger charge is -2.33. The highest BCUT2D eigenvalue weighted by atomic mass is 16.5. The first-order valence-electron chi connectivity index (χ1n) is 20.3. The minimum atomic E-state index is -1.11. The monoisotopic (exact) mass is 875 g/mol. The van der Waals surface area contributed by atoms with Gasteiger partial charge in [-0.05, 0) is 25.7 Å². The molecule has 0 aromatic carbocycles. The van der Waals surface area contributed by atoms with Crippen LogP contribution in [-0.4, -0.2) is 243 Å². The van der Waals surface area contributed by atoms with Crippen molar-refractivity contribution in [1.29, 1.82) is 0 Å². The molecule has 0 unspecified atom stereocenters. The van der Waals surface area contributed by atoms with Crippen molar-refractivity contribution >= 4 is 0 Å². The maximum Gasteiger partial charge on any atom is 0.0701 e. The second-order valence-electron chi connectivity index (χ2n) is 14.8. The predicted molar refractivity (Wildman–Crippen MR) is 217 cm³/mol. The van der Waals surface area contributed by atoms with Crippen LogP contribution in [0.15, 0.2) is 0 Å². The van der Waals surface area contributed by atoms with Gasteiger partial charge in [-0.2, -0.15) is 0 Å². The van der Waals surface area contributed by atoms with Crippen LogP contribution in [0.4, 0.5) is 0 Å². The summed E-state index contributed by atoms with van der Waals surface area (Å²) in [7, 11) is 0. The Hall–Kier alpha value is -0.800. The first kappa shape index (κ1) is 64.8. The summed E-state index contributed by atoms with van der Waals surface area (Å²) in [6, 6.07) is 0. The van der Waals surface area contributed by atoms with Crippen molar-refractivity contribution < 1.29 is 99.9 Å². The Labute approximate surface area is 351 Å². The second-order valence-corrected chi connectivity index (χ2v) is 14.8. The van der Waals surface area contributed by atoms with Gasteiger partial charge in [0.05, 0.1) is 176 Å². The summed E-state index contributed by atoms with van der Waals surface area (Å²) in [4.78, 5) is 0. The van der Waals surface area contributed by atoms with Gasteiger partial charge in [0.15, 0.2) is 0 Å². The smallest absolute Gasteiger partial charge is 0.0701 e. The highest BCUT2D eigenvalue weighted by Crippen LogP contribution is 2.25. The van der Waals surface area contributed by atoms with E-state index < -0.39 is 53.5 Å². The van der Waals surface area contributed by atoms with Crippen molar-refractivity contribution in [2.45, 2.75) is 53.4 Å². The molecule has 0 heterocycles. The van der Waals surface area contributed by atoms with Crippen LogP contribution < -0.4 is 0 Å². The van der Waals surface area contributed by atoms with E-state index >= 15 is 0 Å². The summed E-state index contributed by atoms with van der Waals surface area (Å²) in [5.74, 6) is 0. The lowest BCUT2D eigenvalue weighted by atomic mass is 9.86. The fourth-order valence-electron chi connectivity index (χ4n) is 4.17. The van der Waals surface area contributed by atoms with E-state index in [0.29, 0.717) is 65.5 Å². The molecule has 0 aromatic heterocycles. The molecule has 0 aliphatic rings. The number of hydrogen-bond donors (Lipinski definition) is 14. The molecular formula is C39H86O20. The Morgan fingerprint density at radius 1 is 0.254 bits per heavy atom. The third kappa shape index (κ3) is 30.0. The number of hydrogen-bond acceptors (Lipinski definition) is 20. The van der Waals surface area contributed by atoms with Crippen molar-refractivity contribution in [2.24, 2.45) is 27.1 Å². The zero-order valence-corrected chi connectivity index (χ0v) is 36.4. The van der Waals surface area contributed by atoms with E-state index in [2.05, 4.69) is 0 Å². The molecule has 0 rings (SSSR count). The average Bonchev–Trinajstić information content (AvgIpc) is 3.28. The van der Waals surface area contributed by atoms with Crippen LogP contribution in [0.3, 0.4) is 0 Å². The van der Waals surface area contributed by atoms with Crippen LogP contribution in [0.5, 0.6) is 0 Å². The van der Waals surface area contributed by atoms with Crippen LogP contribution in [0.25, 0.3) is 0 Å². The van der Waals surface area contributed by atoms with Gasteiger partial charge in [-0.1, -0.05) is 27.7 Å². The van der Waals surface area contributed by atoms with Crippen LogP contribution >= 0.6 is 0 Å². The first-order chi connectivity index (χ1) is 28.3. The SMILES string of the molecule is CCC(CO)(CO)CO.CCC(CO)(CO)COCC(CC)(CO)CO.CCCOCC(COCCO)(COCCO)COCCOCCO.OCC(CO)(CO)CO. The molecule has 0 spiro atoms. The fraction of sp³-hybridized carbons (Fsp3) is 1.00. The quantitative estimate of drug-likeness (QED) is 0.0269. The minimum Gasteiger partial charge on any atom is -0.396 e. The normalized spacial score (nSPS) is 12.3. The molecule has 0 saturated carbocycles. The van der Waals surface area contributed by atoms with Gasteiger partial charge in [0.2, 0.25) is 0 Å². The molecule has 20 nitrogen and oxygen atoms in total. The van der Waals surface area contributed by atoms with E-state index in [0.717, 1.165) is 6.42 Å². The lowest BCUT2D eigenvalue weighted by Crippen LogP contribution is -2.42. The Morgan fingerprint density at radius 2 is 0.508 bits per heavy atom. The van der Waals surface area contributed by atoms with Gasteiger partial charge in [0.1, 0.15) is 0 Å². The highest BCUT2D eigenvalue weighted by molar-refractivity contribution is 4.81. The molecule has 362 valence electrons. The maximum absolute atomic E-state index is 9.24. The first-order valence-corrected chi connectivity index (χ1v) is 20.3. The van der Waals surface area contributed by atoms with Crippen LogP contribution in [0.1, 0.15) is 53.4 Å². The molecule has 0 aliphatic carbocycles. The third-order valence-corrected chi connectivity index (χ3v) is 9.82. The molecular weight excluding hydrogens is 788 g/mol. The van der Waals surface area contributed by atoms with Crippen molar-refractivity contribution in [2.75, 3.05) is 172 Å². The topological polar surface area (TPSA) is 339 Å². The molecule has 0 atom stereocenters. The Bertz CT molecular complexity index is 708. The van der Waals surface area contributed by atoms with Crippen molar-refractivity contribution in [3.05, 3.63) is 0 Å². The predicted octanol–water partition coefficient (Wildman–Crippen LogP) is -3.49. The summed E-state index contributed by atoms with van der Waals surface area (Å²) in [5, 5.41) is 123. The van der Waals surface area contributed by atoms with Crippen molar-refractivity contribution in [3.8, 4) is 0 Å². The summed E-state index contributed by atoms with van der Waals surface area (Å²) < 4.78 is 32.9. The van der Waals surface area contributed by atoms with E-state index in [4.69, 9.17) is 79.5 Å². The average molecular weight is 875 g/mol. The lowest BCUT2D eigenvalue weighted by molar-refractivity contribution is -0.115. The standard InChI is InChI=1S/C16H34O8.C12H26O5.C6H14O3.C5H12O4/c1-2-6-21-12-16(13-22-8-4-18,14-23-9-5-19)15-24-11-10-20-7-3-17;1-3-11(5-13,6-14)9-17-10-12(4-2,7-15)8-16;1-2-6(3-7,4-8)5-9;6-1-5(2-7,3-8)4-9/h17-19H,2-15H2,1H3;13-16H,3-10H2,1-2H3;7-9H,2-5H2,1H3;6-9H,1-4H2. The molecule has 14 N–H and O–H groups in total. The molecule has 0 aliphatic heterocycles. The van der Waals surface area contributed by atoms with Gasteiger partial charge in [0.25, 0.3) is 0 Å². The number of aliphatic hydroxyl groups is 14. The molecule has 0 bridgehead atoms. The molecule has 0 fully saturated rings. The third-order valence-electron chi connectivity index (χ3n) is 9.82. The zero-order valence-electron chi connectivity index (χ0n) is 36.4. The van der Waals surface area contributed by atoms with Crippen LogP contribution in [0, 0.1) is 27.1 Å². The maximum atomic E-state index is 9.24. The van der Waals surface area contributed by atoms with Gasteiger partial charge in [-0.25, -0.2) is 0 Å². The van der Waals surface area contributed by atoms with Gasteiger partial charge in [-0.15, -0.1) is 0 Å². The summed E-state index contributed by atoms with van der Waals surface area (Å²) >= 11 is 0. The summed E-state index contributed by atoms with van der Waals surface area (Å²) in [6.45, 7) is 8.79. The van der Waals surface area contributed by atoms with E-state index in [9.17, 15) is 20.4 Å². The fourth-order valence-corrected chi connectivity index (χ4v) is 4.17. The Morgan fingerprint density at radius 3 is 0.746 bits per heavy atom. The molecule has 0 amide bonds. The number of ether oxygens (including phenoxy) is 6. The van der Waals surface area contributed by atoms with Gasteiger partial charge in [-0.3, -0.25) is 0 Å². The minimum absolute atomic E-state index is 0.0151. The van der Waals surface area contributed by atoms with Crippen molar-refractivity contribution in [3.63, 3.8) is 0 Å². The Kier molecular flexibility index (Phi) is 46.7. The summed E-state index contributed by atoms with van der Waals surface area (Å²) in [5.41, 5.74) is -3.56. The number of rotatable bonds is 37. The molecule has 20 heteroatoms. The van der Waals surface area contributed by atoms with Gasteiger partial charge in [0, 0.05) is 22.9 Å². The van der Waals surface area contributed by atoms with E-state index in [1.807, 2.05) is 27.7 Å². The molecule has 0 saturated heterocycles. The van der Waals surface area contributed by atoms with E-state index in [1.54, 1.807) is 0 Å². The largest absolute Gasteiger partial charge is 0.396 e. The molecule has 59 heavy (non-hydrogen) atoms. The second kappa shape index (κ2) is 42.5.